The quantitative estimate of drug-likeness (QED) is 0.908. The third-order valence-corrected chi connectivity index (χ3v) is 4.46. The lowest BCUT2D eigenvalue weighted by molar-refractivity contribution is 0.0697. The Morgan fingerprint density at radius 1 is 1.38 bits per heavy atom. The molecule has 6 heteroatoms. The van der Waals surface area contributed by atoms with Crippen LogP contribution in [0.4, 0.5) is 5.82 Å². The van der Waals surface area contributed by atoms with Gasteiger partial charge in [0, 0.05) is 11.1 Å². The minimum absolute atomic E-state index is 0.252. The summed E-state index contributed by atoms with van der Waals surface area (Å²) in [6, 6.07) is 1.78. The third kappa shape index (κ3) is 3.05. The molecule has 0 bridgehead atoms. The summed E-state index contributed by atoms with van der Waals surface area (Å²) in [4.78, 5) is 20.3. The molecule has 0 amide bonds. The fourth-order valence-electron chi connectivity index (χ4n) is 2.60. The molecule has 21 heavy (non-hydrogen) atoms. The van der Waals surface area contributed by atoms with Gasteiger partial charge in [0.25, 0.3) is 0 Å². The summed E-state index contributed by atoms with van der Waals surface area (Å²) in [6.07, 6.45) is 4.09. The molecule has 0 unspecified atom stereocenters. The smallest absolute Gasteiger partial charge is 0.339 e. The Bertz CT molecular complexity index is 682. The fourth-order valence-corrected chi connectivity index (χ4v) is 3.21. The van der Waals surface area contributed by atoms with Crippen molar-refractivity contribution in [3.05, 3.63) is 39.0 Å². The number of nitrogens with zero attached hydrogens (tertiary/aromatic N) is 2. The van der Waals surface area contributed by atoms with Gasteiger partial charge in [0.2, 0.25) is 0 Å². The highest BCUT2D eigenvalue weighted by molar-refractivity contribution is 7.09. The average Bonchev–Trinajstić information content (AvgIpc) is 2.89. The summed E-state index contributed by atoms with van der Waals surface area (Å²) >= 11 is 1.59. The zero-order valence-corrected chi connectivity index (χ0v) is 12.7. The fraction of sp³-hybridized carbons (Fsp3) is 0.400. The lowest BCUT2D eigenvalue weighted by Gasteiger charge is -2.17. The van der Waals surface area contributed by atoms with Crippen LogP contribution in [-0.2, 0) is 19.4 Å². The normalized spacial score (nSPS) is 13.8. The molecule has 5 nitrogen and oxygen atoms in total. The molecule has 2 N–H and O–H groups in total. The number of carboxylic acid groups (broad SMARTS) is 1. The molecule has 0 aromatic carbocycles. The van der Waals surface area contributed by atoms with Gasteiger partial charge < -0.3 is 10.4 Å². The van der Waals surface area contributed by atoms with Crippen molar-refractivity contribution in [2.45, 2.75) is 39.2 Å². The summed E-state index contributed by atoms with van der Waals surface area (Å²) < 4.78 is 0. The van der Waals surface area contributed by atoms with Crippen LogP contribution in [0.25, 0.3) is 0 Å². The molecule has 2 aromatic rings. The zero-order chi connectivity index (χ0) is 14.8. The van der Waals surface area contributed by atoms with Gasteiger partial charge in [-0.3, -0.25) is 0 Å². The lowest BCUT2D eigenvalue weighted by Crippen LogP contribution is -2.14. The van der Waals surface area contributed by atoms with E-state index >= 15 is 0 Å². The summed E-state index contributed by atoms with van der Waals surface area (Å²) in [7, 11) is 0. The molecule has 3 rings (SSSR count). The Balaban J connectivity index is 1.87. The molecule has 0 spiro atoms. The van der Waals surface area contributed by atoms with E-state index in [1.54, 1.807) is 17.4 Å². The number of aromatic nitrogens is 2. The first-order valence-electron chi connectivity index (χ1n) is 7.04. The molecule has 0 aliphatic heterocycles. The SMILES string of the molecule is Cc1nc(CNc2nc3c(cc2C(=O)O)CCCC3)cs1. The maximum absolute atomic E-state index is 11.4. The highest BCUT2D eigenvalue weighted by Crippen LogP contribution is 2.25. The van der Waals surface area contributed by atoms with Gasteiger partial charge in [0.15, 0.2) is 0 Å². The predicted octanol–water partition coefficient (Wildman–Crippen LogP) is 3.04. The predicted molar refractivity (Wildman–Crippen MR) is 82.0 cm³/mol. The van der Waals surface area contributed by atoms with Crippen molar-refractivity contribution in [1.82, 2.24) is 9.97 Å². The number of hydrogen-bond donors (Lipinski definition) is 2. The standard InChI is InChI=1S/C15H17N3O2S/c1-9-17-11(8-21-9)7-16-14-12(15(19)20)6-10-4-2-3-5-13(10)18-14/h6,8H,2-5,7H2,1H3,(H,16,18)(H,19,20). The number of carbonyl (C=O) groups is 1. The van der Waals surface area contributed by atoms with E-state index < -0.39 is 5.97 Å². The summed E-state index contributed by atoms with van der Waals surface area (Å²) in [6.45, 7) is 2.45. The number of nitrogens with one attached hydrogen (secondary N) is 1. The number of rotatable bonds is 4. The molecule has 0 atom stereocenters. The van der Waals surface area contributed by atoms with Crippen molar-refractivity contribution in [2.24, 2.45) is 0 Å². The first-order valence-corrected chi connectivity index (χ1v) is 7.92. The van der Waals surface area contributed by atoms with E-state index in [1.165, 1.54) is 0 Å². The van der Waals surface area contributed by atoms with Crippen LogP contribution in [0.5, 0.6) is 0 Å². The molecule has 0 radical (unpaired) electrons. The first kappa shape index (κ1) is 14.0. The zero-order valence-electron chi connectivity index (χ0n) is 11.8. The third-order valence-electron chi connectivity index (χ3n) is 3.63. The molecule has 2 heterocycles. The maximum atomic E-state index is 11.4. The van der Waals surface area contributed by atoms with Gasteiger partial charge >= 0.3 is 5.97 Å². The van der Waals surface area contributed by atoms with Crippen LogP contribution in [0.3, 0.4) is 0 Å². The number of aromatic carboxylic acids is 1. The lowest BCUT2D eigenvalue weighted by atomic mass is 9.95. The van der Waals surface area contributed by atoms with E-state index in [1.807, 2.05) is 12.3 Å². The van der Waals surface area contributed by atoms with Crippen molar-refractivity contribution in [2.75, 3.05) is 5.32 Å². The van der Waals surface area contributed by atoms with Crippen LogP contribution in [-0.4, -0.2) is 21.0 Å². The van der Waals surface area contributed by atoms with Crippen molar-refractivity contribution in [3.63, 3.8) is 0 Å². The van der Waals surface area contributed by atoms with Crippen LogP contribution in [0.1, 0.15) is 45.2 Å². The van der Waals surface area contributed by atoms with Crippen molar-refractivity contribution < 1.29 is 9.90 Å². The van der Waals surface area contributed by atoms with E-state index in [0.29, 0.717) is 12.4 Å². The number of thiazole rings is 1. The van der Waals surface area contributed by atoms with Crippen LogP contribution in [0.15, 0.2) is 11.4 Å². The van der Waals surface area contributed by atoms with Crippen LogP contribution in [0, 0.1) is 6.92 Å². The van der Waals surface area contributed by atoms with E-state index in [9.17, 15) is 9.90 Å². The highest BCUT2D eigenvalue weighted by Gasteiger charge is 2.18. The second-order valence-corrected chi connectivity index (χ2v) is 6.28. The molecule has 0 fully saturated rings. The van der Waals surface area contributed by atoms with Gasteiger partial charge in [-0.25, -0.2) is 14.8 Å². The second kappa shape index (κ2) is 5.81. The molecule has 0 saturated carbocycles. The molecule has 110 valence electrons. The van der Waals surface area contributed by atoms with Crippen molar-refractivity contribution >= 4 is 23.1 Å². The summed E-state index contributed by atoms with van der Waals surface area (Å²) in [5.41, 5.74) is 3.27. The molecule has 1 aliphatic rings. The van der Waals surface area contributed by atoms with Gasteiger partial charge in [-0.2, -0.15) is 0 Å². The van der Waals surface area contributed by atoms with E-state index in [-0.39, 0.29) is 5.56 Å². The van der Waals surface area contributed by atoms with Gasteiger partial charge in [0.05, 0.1) is 17.2 Å². The van der Waals surface area contributed by atoms with E-state index in [4.69, 9.17) is 0 Å². The van der Waals surface area contributed by atoms with E-state index in [2.05, 4.69) is 15.3 Å². The minimum Gasteiger partial charge on any atom is -0.478 e. The number of pyridine rings is 1. The van der Waals surface area contributed by atoms with Crippen molar-refractivity contribution in [3.8, 4) is 0 Å². The van der Waals surface area contributed by atoms with Gasteiger partial charge in [-0.1, -0.05) is 0 Å². The monoisotopic (exact) mass is 303 g/mol. The highest BCUT2D eigenvalue weighted by atomic mass is 32.1. The first-order chi connectivity index (χ1) is 10.1. The molecular formula is C15H17N3O2S. The Morgan fingerprint density at radius 2 is 2.19 bits per heavy atom. The molecule has 2 aromatic heterocycles. The number of hydrogen-bond acceptors (Lipinski definition) is 5. The Hall–Kier alpha value is -1.95. The second-order valence-electron chi connectivity index (χ2n) is 5.21. The average molecular weight is 303 g/mol. The summed E-state index contributed by atoms with van der Waals surface area (Å²) in [5.74, 6) is -0.485. The van der Waals surface area contributed by atoms with Gasteiger partial charge in [-0.05, 0) is 44.2 Å². The van der Waals surface area contributed by atoms with Crippen molar-refractivity contribution in [1.29, 1.82) is 0 Å². The topological polar surface area (TPSA) is 75.1 Å². The van der Waals surface area contributed by atoms with Crippen LogP contribution >= 0.6 is 11.3 Å². The Kier molecular flexibility index (Phi) is 3.88. The van der Waals surface area contributed by atoms with Gasteiger partial charge in [-0.15, -0.1) is 11.3 Å². The Labute approximate surface area is 127 Å². The number of aryl methyl sites for hydroxylation is 3. The maximum Gasteiger partial charge on any atom is 0.339 e. The summed E-state index contributed by atoms with van der Waals surface area (Å²) in [5, 5.41) is 15.5. The largest absolute Gasteiger partial charge is 0.478 e. The molecule has 0 saturated heterocycles. The van der Waals surface area contributed by atoms with E-state index in [0.717, 1.165) is 47.6 Å². The Morgan fingerprint density at radius 3 is 2.90 bits per heavy atom. The number of fused-ring (bicyclic) bond motifs is 1. The molecule has 1 aliphatic carbocycles. The minimum atomic E-state index is -0.937. The van der Waals surface area contributed by atoms with Crippen LogP contribution < -0.4 is 5.32 Å². The van der Waals surface area contributed by atoms with Gasteiger partial charge in [0.1, 0.15) is 11.4 Å². The number of carboxylic acids is 1. The van der Waals surface area contributed by atoms with Crippen LogP contribution in [0.2, 0.25) is 0 Å². The number of anilines is 1. The molecular weight excluding hydrogens is 286 g/mol.